The molecule has 1 aromatic carbocycles. The molecule has 6 heteroatoms. The molecule has 0 unspecified atom stereocenters. The van der Waals surface area contributed by atoms with E-state index in [1.54, 1.807) is 5.56 Å². The molecule has 2 heterocycles. The van der Waals surface area contributed by atoms with Crippen LogP contribution in [0.3, 0.4) is 0 Å². The van der Waals surface area contributed by atoms with E-state index >= 15 is 0 Å². The van der Waals surface area contributed by atoms with Crippen LogP contribution >= 0.6 is 11.3 Å². The van der Waals surface area contributed by atoms with E-state index in [2.05, 4.69) is 64.1 Å². The fourth-order valence-electron chi connectivity index (χ4n) is 5.72. The highest BCUT2D eigenvalue weighted by atomic mass is 32.1. The molecule has 0 bridgehead atoms. The Morgan fingerprint density at radius 2 is 1.94 bits per heavy atom. The maximum Gasteiger partial charge on any atom is 0.268 e. The first-order chi connectivity index (χ1) is 15.8. The summed E-state index contributed by atoms with van der Waals surface area (Å²) < 4.78 is 11.9. The van der Waals surface area contributed by atoms with Crippen molar-refractivity contribution in [2.45, 2.75) is 66.7 Å². The standard InChI is InChI=1S/C27H35N3O2S/c1-7-9-28-10-8-11-31-23-15(2)12-18(13-16(23)3)25-29-26(32-30-25)24-19-14-20-22(27(20,5)6)21(19)17(4)33-24/h12-13,20,22,28H,7-11,14H2,1-6H3/t20-,22-/m1/s1. The molecule has 2 aliphatic carbocycles. The number of rotatable bonds is 9. The summed E-state index contributed by atoms with van der Waals surface area (Å²) >= 11 is 1.81. The number of ether oxygens (including phenoxy) is 1. The number of fused-ring (bicyclic) bond motifs is 3. The molecule has 0 saturated heterocycles. The zero-order chi connectivity index (χ0) is 23.3. The lowest BCUT2D eigenvalue weighted by molar-refractivity contribution is 0.304. The van der Waals surface area contributed by atoms with Crippen LogP contribution in [0.4, 0.5) is 0 Å². The van der Waals surface area contributed by atoms with Gasteiger partial charge in [-0.1, -0.05) is 25.9 Å². The summed E-state index contributed by atoms with van der Waals surface area (Å²) in [5.41, 5.74) is 6.64. The van der Waals surface area contributed by atoms with Gasteiger partial charge in [0.25, 0.3) is 5.89 Å². The highest BCUT2D eigenvalue weighted by Crippen LogP contribution is 2.72. The number of nitrogens with zero attached hydrogens (tertiary/aromatic N) is 2. The highest BCUT2D eigenvalue weighted by molar-refractivity contribution is 7.15. The SMILES string of the molecule is CCCNCCCOc1c(C)cc(-c2noc(-c3sc(C)c4c3C[C@@H]3[C@H]4C3(C)C)n2)cc1C. The van der Waals surface area contributed by atoms with Crippen molar-refractivity contribution in [2.75, 3.05) is 19.7 Å². The smallest absolute Gasteiger partial charge is 0.268 e. The van der Waals surface area contributed by atoms with E-state index in [1.165, 1.54) is 15.3 Å². The summed E-state index contributed by atoms with van der Waals surface area (Å²) in [5, 5.41) is 7.76. The van der Waals surface area contributed by atoms with E-state index in [4.69, 9.17) is 14.2 Å². The number of aromatic nitrogens is 2. The first-order valence-electron chi connectivity index (χ1n) is 12.2. The Hall–Kier alpha value is -2.18. The number of benzene rings is 1. The highest BCUT2D eigenvalue weighted by Gasteiger charge is 2.63. The lowest BCUT2D eigenvalue weighted by Gasteiger charge is -2.13. The lowest BCUT2D eigenvalue weighted by atomic mass is 9.95. The van der Waals surface area contributed by atoms with Crippen LogP contribution in [0.2, 0.25) is 0 Å². The number of hydrogen-bond donors (Lipinski definition) is 1. The summed E-state index contributed by atoms with van der Waals surface area (Å²) in [7, 11) is 0. The molecular formula is C27H35N3O2S. The molecule has 2 aromatic heterocycles. The zero-order valence-corrected chi connectivity index (χ0v) is 21.5. The van der Waals surface area contributed by atoms with Crippen molar-refractivity contribution < 1.29 is 9.26 Å². The van der Waals surface area contributed by atoms with Crippen molar-refractivity contribution in [3.05, 3.63) is 39.3 Å². The molecule has 176 valence electrons. The van der Waals surface area contributed by atoms with Crippen molar-refractivity contribution in [3.63, 3.8) is 0 Å². The Bertz CT molecular complexity index is 1150. The second-order valence-corrected chi connectivity index (χ2v) is 11.5. The fraction of sp³-hybridized carbons (Fsp3) is 0.556. The second-order valence-electron chi connectivity index (χ2n) is 10.3. The summed E-state index contributed by atoms with van der Waals surface area (Å²) in [6, 6.07) is 4.21. The van der Waals surface area contributed by atoms with Crippen LogP contribution in [0.5, 0.6) is 5.75 Å². The van der Waals surface area contributed by atoms with Crippen LogP contribution in [-0.2, 0) is 6.42 Å². The number of aryl methyl sites for hydroxylation is 3. The summed E-state index contributed by atoms with van der Waals surface area (Å²) in [6.45, 7) is 16.2. The largest absolute Gasteiger partial charge is 0.493 e. The van der Waals surface area contributed by atoms with Crippen molar-refractivity contribution >= 4 is 11.3 Å². The Kier molecular flexibility index (Phi) is 5.86. The van der Waals surface area contributed by atoms with Crippen LogP contribution < -0.4 is 10.1 Å². The molecule has 5 nitrogen and oxygen atoms in total. The van der Waals surface area contributed by atoms with Crippen LogP contribution in [0.1, 0.15) is 66.7 Å². The van der Waals surface area contributed by atoms with E-state index in [0.29, 0.717) is 29.7 Å². The van der Waals surface area contributed by atoms with Gasteiger partial charge in [0.1, 0.15) is 5.75 Å². The van der Waals surface area contributed by atoms with Crippen molar-refractivity contribution in [3.8, 4) is 27.9 Å². The molecule has 5 rings (SSSR count). The number of nitrogens with one attached hydrogen (secondary N) is 1. The topological polar surface area (TPSA) is 60.2 Å². The minimum Gasteiger partial charge on any atom is -0.493 e. The van der Waals surface area contributed by atoms with E-state index in [0.717, 1.165) is 60.7 Å². The van der Waals surface area contributed by atoms with Crippen LogP contribution in [0.15, 0.2) is 16.7 Å². The van der Waals surface area contributed by atoms with Gasteiger partial charge in [-0.15, -0.1) is 11.3 Å². The van der Waals surface area contributed by atoms with Gasteiger partial charge in [0.15, 0.2) is 0 Å². The molecule has 33 heavy (non-hydrogen) atoms. The zero-order valence-electron chi connectivity index (χ0n) is 20.7. The Morgan fingerprint density at radius 3 is 2.67 bits per heavy atom. The number of thiophene rings is 1. The fourth-order valence-corrected chi connectivity index (χ4v) is 6.87. The Morgan fingerprint density at radius 1 is 1.18 bits per heavy atom. The summed E-state index contributed by atoms with van der Waals surface area (Å²) in [5.74, 6) is 3.76. The van der Waals surface area contributed by atoms with E-state index in [1.807, 2.05) is 11.3 Å². The summed E-state index contributed by atoms with van der Waals surface area (Å²) in [6.07, 6.45) is 3.30. The molecule has 2 atom stereocenters. The van der Waals surface area contributed by atoms with Gasteiger partial charge in [-0.3, -0.25) is 0 Å². The van der Waals surface area contributed by atoms with Crippen LogP contribution in [0.25, 0.3) is 22.2 Å². The average Bonchev–Trinajstić information content (AvgIpc) is 3.26. The van der Waals surface area contributed by atoms with Gasteiger partial charge < -0.3 is 14.6 Å². The summed E-state index contributed by atoms with van der Waals surface area (Å²) in [4.78, 5) is 7.41. The second kappa shape index (κ2) is 8.55. The molecule has 0 aliphatic heterocycles. The molecule has 0 spiro atoms. The molecule has 1 saturated carbocycles. The molecule has 3 aromatic rings. The van der Waals surface area contributed by atoms with Crippen LogP contribution in [-0.4, -0.2) is 29.8 Å². The minimum absolute atomic E-state index is 0.445. The molecule has 1 N–H and O–H groups in total. The molecular weight excluding hydrogens is 430 g/mol. The number of hydrogen-bond acceptors (Lipinski definition) is 6. The van der Waals surface area contributed by atoms with Gasteiger partial charge in [0.2, 0.25) is 5.82 Å². The third-order valence-corrected chi connectivity index (χ3v) is 8.68. The van der Waals surface area contributed by atoms with Gasteiger partial charge in [-0.2, -0.15) is 4.98 Å². The quantitative estimate of drug-likeness (QED) is 0.368. The Labute approximate surface area is 200 Å². The van der Waals surface area contributed by atoms with Crippen molar-refractivity contribution in [2.24, 2.45) is 11.3 Å². The normalized spacial score (nSPS) is 20.1. The Balaban J connectivity index is 1.32. The molecule has 0 radical (unpaired) electrons. The third-order valence-electron chi connectivity index (χ3n) is 7.53. The monoisotopic (exact) mass is 465 g/mol. The van der Waals surface area contributed by atoms with E-state index in [-0.39, 0.29) is 0 Å². The average molecular weight is 466 g/mol. The van der Waals surface area contributed by atoms with Gasteiger partial charge in [-0.25, -0.2) is 0 Å². The van der Waals surface area contributed by atoms with Gasteiger partial charge in [0, 0.05) is 10.4 Å². The van der Waals surface area contributed by atoms with Crippen molar-refractivity contribution in [1.29, 1.82) is 0 Å². The lowest BCUT2D eigenvalue weighted by Crippen LogP contribution is -2.18. The van der Waals surface area contributed by atoms with Gasteiger partial charge >= 0.3 is 0 Å². The molecule has 0 amide bonds. The predicted molar refractivity (Wildman–Crippen MR) is 134 cm³/mol. The maximum absolute atomic E-state index is 6.09. The van der Waals surface area contributed by atoms with Gasteiger partial charge in [0.05, 0.1) is 11.5 Å². The molecule has 2 aliphatic rings. The first kappa shape index (κ1) is 22.6. The maximum atomic E-state index is 6.09. The van der Waals surface area contributed by atoms with E-state index in [9.17, 15) is 0 Å². The first-order valence-corrected chi connectivity index (χ1v) is 13.1. The van der Waals surface area contributed by atoms with Crippen molar-refractivity contribution in [1.82, 2.24) is 15.5 Å². The van der Waals surface area contributed by atoms with Gasteiger partial charge in [-0.05, 0) is 105 Å². The van der Waals surface area contributed by atoms with E-state index < -0.39 is 0 Å². The minimum atomic E-state index is 0.445. The third kappa shape index (κ3) is 3.91. The van der Waals surface area contributed by atoms with Crippen LogP contribution in [0, 0.1) is 32.1 Å². The molecule has 1 fully saturated rings. The predicted octanol–water partition coefficient (Wildman–Crippen LogP) is 6.45.